The summed E-state index contributed by atoms with van der Waals surface area (Å²) in [7, 11) is 0. The molecule has 1 saturated heterocycles. The van der Waals surface area contributed by atoms with Crippen LogP contribution in [0.3, 0.4) is 0 Å². The first-order chi connectivity index (χ1) is 11.5. The monoisotopic (exact) mass is 418 g/mol. The molecule has 1 aromatic rings. The molecule has 0 N–H and O–H groups in total. The predicted octanol–water partition coefficient (Wildman–Crippen LogP) is 3.81. The van der Waals surface area contributed by atoms with Crippen LogP contribution >= 0.6 is 15.9 Å². The minimum atomic E-state index is -1.18. The molecule has 1 aromatic carbocycles. The first-order valence-electron chi connectivity index (χ1n) is 7.93. The number of hydrogen-bond donors (Lipinski definition) is 0. The quantitative estimate of drug-likeness (QED) is 0.651. The van der Waals surface area contributed by atoms with Crippen LogP contribution in [0, 0.1) is 11.6 Å². The summed E-state index contributed by atoms with van der Waals surface area (Å²) in [6, 6.07) is 2.20. The summed E-state index contributed by atoms with van der Waals surface area (Å²) in [5.74, 6) is -2.87. The summed E-state index contributed by atoms with van der Waals surface area (Å²) >= 11 is 2.89. The van der Waals surface area contributed by atoms with Gasteiger partial charge in [0.2, 0.25) is 0 Å². The molecule has 5 nitrogen and oxygen atoms in total. The second kappa shape index (κ2) is 7.27. The molecule has 2 rings (SSSR count). The van der Waals surface area contributed by atoms with Crippen LogP contribution in [-0.4, -0.2) is 53.1 Å². The molecular formula is C17H21BrF2N2O3. The Hall–Kier alpha value is -1.70. The van der Waals surface area contributed by atoms with Crippen LogP contribution in [-0.2, 0) is 4.74 Å². The lowest BCUT2D eigenvalue weighted by Gasteiger charge is -2.40. The summed E-state index contributed by atoms with van der Waals surface area (Å²) < 4.78 is 33.0. The van der Waals surface area contributed by atoms with Crippen molar-refractivity contribution in [2.75, 3.05) is 19.6 Å². The molecule has 138 valence electrons. The highest BCUT2D eigenvalue weighted by Gasteiger charge is 2.33. The predicted molar refractivity (Wildman–Crippen MR) is 92.4 cm³/mol. The number of piperazine rings is 1. The maximum atomic E-state index is 14.0. The second-order valence-corrected chi connectivity index (χ2v) is 7.85. The van der Waals surface area contributed by atoms with E-state index in [2.05, 4.69) is 15.9 Å². The van der Waals surface area contributed by atoms with Gasteiger partial charge in [0.15, 0.2) is 11.6 Å². The molecule has 0 aliphatic carbocycles. The van der Waals surface area contributed by atoms with E-state index in [9.17, 15) is 18.4 Å². The number of ether oxygens (including phenoxy) is 1. The van der Waals surface area contributed by atoms with E-state index in [1.54, 1.807) is 27.7 Å². The van der Waals surface area contributed by atoms with Crippen molar-refractivity contribution in [3.05, 3.63) is 33.8 Å². The molecule has 0 aromatic heterocycles. The van der Waals surface area contributed by atoms with Crippen molar-refractivity contribution in [1.82, 2.24) is 9.80 Å². The van der Waals surface area contributed by atoms with Gasteiger partial charge in [0, 0.05) is 25.7 Å². The fourth-order valence-corrected chi connectivity index (χ4v) is 2.90. The summed E-state index contributed by atoms with van der Waals surface area (Å²) in [4.78, 5) is 27.6. The standard InChI is InChI=1S/C17H21BrF2N2O3/c1-10-9-21(16(24)25-17(2,3)4)7-8-22(10)15(23)11-5-6-12(18)14(20)13(11)19/h5-6,10H,7-9H2,1-4H3. The number of benzene rings is 1. The lowest BCUT2D eigenvalue weighted by Crippen LogP contribution is -2.56. The molecule has 0 saturated carbocycles. The average Bonchev–Trinajstić information content (AvgIpc) is 2.50. The van der Waals surface area contributed by atoms with E-state index < -0.39 is 29.2 Å². The number of carbonyl (C=O) groups excluding carboxylic acids is 2. The van der Waals surface area contributed by atoms with Gasteiger partial charge in [-0.2, -0.15) is 0 Å². The smallest absolute Gasteiger partial charge is 0.410 e. The fourth-order valence-electron chi connectivity index (χ4n) is 2.60. The topological polar surface area (TPSA) is 49.9 Å². The van der Waals surface area contributed by atoms with Crippen molar-refractivity contribution < 1.29 is 23.1 Å². The molecule has 1 heterocycles. The molecule has 0 spiro atoms. The number of hydrogen-bond acceptors (Lipinski definition) is 3. The molecular weight excluding hydrogens is 398 g/mol. The zero-order chi connectivity index (χ0) is 18.9. The third kappa shape index (κ3) is 4.48. The Labute approximate surface area is 154 Å². The highest BCUT2D eigenvalue weighted by molar-refractivity contribution is 9.10. The molecule has 1 atom stereocenters. The highest BCUT2D eigenvalue weighted by Crippen LogP contribution is 2.24. The Bertz CT molecular complexity index is 691. The van der Waals surface area contributed by atoms with E-state index in [4.69, 9.17) is 4.74 Å². The van der Waals surface area contributed by atoms with E-state index in [-0.39, 0.29) is 35.7 Å². The molecule has 1 fully saturated rings. The Morgan fingerprint density at radius 2 is 1.84 bits per heavy atom. The molecule has 2 amide bonds. The van der Waals surface area contributed by atoms with Crippen molar-refractivity contribution >= 4 is 27.9 Å². The maximum absolute atomic E-state index is 14.0. The first kappa shape index (κ1) is 19.6. The van der Waals surface area contributed by atoms with Crippen molar-refractivity contribution in [1.29, 1.82) is 0 Å². The van der Waals surface area contributed by atoms with E-state index in [1.807, 2.05) is 0 Å². The molecule has 1 unspecified atom stereocenters. The first-order valence-corrected chi connectivity index (χ1v) is 8.73. The summed E-state index contributed by atoms with van der Waals surface area (Å²) in [6.45, 7) is 7.84. The van der Waals surface area contributed by atoms with Gasteiger partial charge in [-0.1, -0.05) is 0 Å². The minimum Gasteiger partial charge on any atom is -0.444 e. The normalized spacial score (nSPS) is 18.3. The van der Waals surface area contributed by atoms with E-state index in [0.29, 0.717) is 0 Å². The molecule has 0 bridgehead atoms. The van der Waals surface area contributed by atoms with Gasteiger partial charge >= 0.3 is 6.09 Å². The van der Waals surface area contributed by atoms with Gasteiger partial charge < -0.3 is 14.5 Å². The zero-order valence-electron chi connectivity index (χ0n) is 14.6. The SMILES string of the molecule is CC1CN(C(=O)OC(C)(C)C)CCN1C(=O)c1ccc(Br)c(F)c1F. The molecule has 25 heavy (non-hydrogen) atoms. The average molecular weight is 419 g/mol. The van der Waals surface area contributed by atoms with Crippen LogP contribution in [0.2, 0.25) is 0 Å². The van der Waals surface area contributed by atoms with Gasteiger partial charge in [-0.15, -0.1) is 0 Å². The van der Waals surface area contributed by atoms with Crippen LogP contribution in [0.25, 0.3) is 0 Å². The van der Waals surface area contributed by atoms with Gasteiger partial charge in [-0.05, 0) is 55.8 Å². The number of nitrogens with zero attached hydrogens (tertiary/aromatic N) is 2. The zero-order valence-corrected chi connectivity index (χ0v) is 16.2. The van der Waals surface area contributed by atoms with Gasteiger partial charge in [-0.25, -0.2) is 13.6 Å². The van der Waals surface area contributed by atoms with Gasteiger partial charge in [-0.3, -0.25) is 4.79 Å². The second-order valence-electron chi connectivity index (χ2n) is 7.00. The van der Waals surface area contributed by atoms with Crippen LogP contribution in [0.4, 0.5) is 13.6 Å². The summed E-state index contributed by atoms with van der Waals surface area (Å²) in [5.41, 5.74) is -0.927. The van der Waals surface area contributed by atoms with E-state index >= 15 is 0 Å². The number of halogens is 3. The maximum Gasteiger partial charge on any atom is 0.410 e. The van der Waals surface area contributed by atoms with Crippen molar-refractivity contribution in [3.63, 3.8) is 0 Å². The molecule has 1 aliphatic rings. The summed E-state index contributed by atoms with van der Waals surface area (Å²) in [6.07, 6.45) is -0.452. The van der Waals surface area contributed by atoms with Gasteiger partial charge in [0.25, 0.3) is 5.91 Å². The van der Waals surface area contributed by atoms with Crippen LogP contribution in [0.15, 0.2) is 16.6 Å². The Morgan fingerprint density at radius 3 is 2.40 bits per heavy atom. The van der Waals surface area contributed by atoms with Crippen LogP contribution in [0.1, 0.15) is 38.1 Å². The fraction of sp³-hybridized carbons (Fsp3) is 0.529. The Kier molecular flexibility index (Phi) is 5.71. The largest absolute Gasteiger partial charge is 0.444 e. The number of rotatable bonds is 1. The van der Waals surface area contributed by atoms with Crippen LogP contribution in [0.5, 0.6) is 0 Å². The molecule has 8 heteroatoms. The summed E-state index contributed by atoms with van der Waals surface area (Å²) in [5, 5.41) is 0. The van der Waals surface area contributed by atoms with Gasteiger partial charge in [0.1, 0.15) is 5.60 Å². The Balaban J connectivity index is 2.10. The Morgan fingerprint density at radius 1 is 1.20 bits per heavy atom. The van der Waals surface area contributed by atoms with Crippen molar-refractivity contribution in [2.24, 2.45) is 0 Å². The minimum absolute atomic E-state index is 0.0376. The third-order valence-electron chi connectivity index (χ3n) is 3.81. The van der Waals surface area contributed by atoms with E-state index in [0.717, 1.165) is 0 Å². The molecule has 1 aliphatic heterocycles. The number of amides is 2. The van der Waals surface area contributed by atoms with E-state index in [1.165, 1.54) is 21.9 Å². The van der Waals surface area contributed by atoms with Gasteiger partial charge in [0.05, 0.1) is 10.0 Å². The highest BCUT2D eigenvalue weighted by atomic mass is 79.9. The molecule has 0 radical (unpaired) electrons. The lowest BCUT2D eigenvalue weighted by atomic mass is 10.1. The third-order valence-corrected chi connectivity index (χ3v) is 4.42. The van der Waals surface area contributed by atoms with Crippen molar-refractivity contribution in [2.45, 2.75) is 39.3 Å². The lowest BCUT2D eigenvalue weighted by molar-refractivity contribution is 0.00606. The van der Waals surface area contributed by atoms with Crippen molar-refractivity contribution in [3.8, 4) is 0 Å². The van der Waals surface area contributed by atoms with Crippen LogP contribution < -0.4 is 0 Å². The number of carbonyl (C=O) groups is 2.